The predicted octanol–water partition coefficient (Wildman–Crippen LogP) is 1.21. The van der Waals surface area contributed by atoms with Crippen molar-refractivity contribution in [3.8, 4) is 0 Å². The number of nitrogens with zero attached hydrogens (tertiary/aromatic N) is 2. The molecule has 1 N–H and O–H groups in total. The van der Waals surface area contributed by atoms with Crippen LogP contribution in [0.25, 0.3) is 0 Å². The van der Waals surface area contributed by atoms with Gasteiger partial charge >= 0.3 is 0 Å². The standard InChI is InChI=1S/C18H28FN3O4S/c1-3-17(18(23)20-9-4-10-21-11-13-26-14-12-21)22(27(2,24)25)16-7-5-15(19)6-8-16/h5-8,17H,3-4,9-14H2,1-2H3,(H,20,23)/t17-/m1/s1. The minimum absolute atomic E-state index is 0.272. The molecule has 1 fully saturated rings. The summed E-state index contributed by atoms with van der Waals surface area (Å²) in [7, 11) is -3.71. The van der Waals surface area contributed by atoms with Gasteiger partial charge in [-0.3, -0.25) is 14.0 Å². The zero-order chi connectivity index (χ0) is 19.9. The van der Waals surface area contributed by atoms with Crippen molar-refractivity contribution in [1.29, 1.82) is 0 Å². The minimum atomic E-state index is -3.71. The lowest BCUT2D eigenvalue weighted by Gasteiger charge is -2.30. The monoisotopic (exact) mass is 401 g/mol. The number of halogens is 1. The van der Waals surface area contributed by atoms with Crippen LogP contribution in [0.5, 0.6) is 0 Å². The van der Waals surface area contributed by atoms with Gasteiger partial charge in [-0.25, -0.2) is 12.8 Å². The first-order chi connectivity index (χ1) is 12.8. The van der Waals surface area contributed by atoms with Crippen molar-refractivity contribution in [3.05, 3.63) is 30.1 Å². The van der Waals surface area contributed by atoms with E-state index >= 15 is 0 Å². The van der Waals surface area contributed by atoms with Gasteiger partial charge in [0.25, 0.3) is 0 Å². The zero-order valence-corrected chi connectivity index (χ0v) is 16.7. The summed E-state index contributed by atoms with van der Waals surface area (Å²) in [5.41, 5.74) is 0.272. The third-order valence-corrected chi connectivity index (χ3v) is 5.64. The second-order valence-corrected chi connectivity index (χ2v) is 8.42. The topological polar surface area (TPSA) is 79.0 Å². The predicted molar refractivity (Wildman–Crippen MR) is 103 cm³/mol. The van der Waals surface area contributed by atoms with Crippen LogP contribution in [0.4, 0.5) is 10.1 Å². The molecule has 0 unspecified atom stereocenters. The highest BCUT2D eigenvalue weighted by molar-refractivity contribution is 7.92. The maximum absolute atomic E-state index is 13.2. The Morgan fingerprint density at radius 1 is 1.30 bits per heavy atom. The molecule has 0 spiro atoms. The summed E-state index contributed by atoms with van der Waals surface area (Å²) >= 11 is 0. The molecule has 0 saturated carbocycles. The number of amides is 1. The van der Waals surface area contributed by atoms with Gasteiger partial charge in [0.1, 0.15) is 11.9 Å². The fraction of sp³-hybridized carbons (Fsp3) is 0.611. The van der Waals surface area contributed by atoms with Crippen molar-refractivity contribution < 1.29 is 22.3 Å². The fourth-order valence-electron chi connectivity index (χ4n) is 3.11. The first kappa shape index (κ1) is 21.6. The number of nitrogens with one attached hydrogen (secondary N) is 1. The molecule has 1 atom stereocenters. The van der Waals surface area contributed by atoms with E-state index in [1.165, 1.54) is 24.3 Å². The van der Waals surface area contributed by atoms with E-state index in [2.05, 4.69) is 10.2 Å². The van der Waals surface area contributed by atoms with E-state index in [1.807, 2.05) is 0 Å². The SMILES string of the molecule is CC[C@H](C(=O)NCCCN1CCOCC1)N(c1ccc(F)cc1)S(C)(=O)=O. The Hall–Kier alpha value is -1.71. The molecular weight excluding hydrogens is 373 g/mol. The number of carbonyl (C=O) groups is 1. The van der Waals surface area contributed by atoms with Crippen LogP contribution in [0.1, 0.15) is 19.8 Å². The highest BCUT2D eigenvalue weighted by Crippen LogP contribution is 2.22. The van der Waals surface area contributed by atoms with Gasteiger partial charge in [0.05, 0.1) is 25.2 Å². The van der Waals surface area contributed by atoms with E-state index in [1.54, 1.807) is 6.92 Å². The summed E-state index contributed by atoms with van der Waals surface area (Å²) in [6.45, 7) is 6.30. The van der Waals surface area contributed by atoms with E-state index in [-0.39, 0.29) is 11.6 Å². The Balaban J connectivity index is 1.98. The number of sulfonamides is 1. The molecule has 1 aromatic carbocycles. The number of rotatable bonds is 9. The normalized spacial score (nSPS) is 16.7. The quantitative estimate of drug-likeness (QED) is 0.630. The van der Waals surface area contributed by atoms with Crippen LogP contribution >= 0.6 is 0 Å². The highest BCUT2D eigenvalue weighted by Gasteiger charge is 2.31. The van der Waals surface area contributed by atoms with E-state index in [0.29, 0.717) is 13.0 Å². The number of morpholine rings is 1. The van der Waals surface area contributed by atoms with E-state index in [4.69, 9.17) is 4.74 Å². The van der Waals surface area contributed by atoms with Crippen LogP contribution < -0.4 is 9.62 Å². The smallest absolute Gasteiger partial charge is 0.243 e. The van der Waals surface area contributed by atoms with Gasteiger partial charge in [0.2, 0.25) is 15.9 Å². The summed E-state index contributed by atoms with van der Waals surface area (Å²) in [6.07, 6.45) is 2.13. The Kier molecular flexibility index (Phi) is 8.00. The first-order valence-corrected chi connectivity index (χ1v) is 11.0. The van der Waals surface area contributed by atoms with E-state index in [0.717, 1.165) is 49.8 Å². The average molecular weight is 402 g/mol. The largest absolute Gasteiger partial charge is 0.379 e. The van der Waals surface area contributed by atoms with E-state index < -0.39 is 21.9 Å². The fourth-order valence-corrected chi connectivity index (χ4v) is 4.32. The molecule has 0 aromatic heterocycles. The Labute approximate surface area is 160 Å². The first-order valence-electron chi connectivity index (χ1n) is 9.15. The van der Waals surface area contributed by atoms with Gasteiger partial charge in [-0.15, -0.1) is 0 Å². The molecule has 0 bridgehead atoms. The molecule has 1 saturated heterocycles. The summed E-state index contributed by atoms with van der Waals surface area (Å²) in [5.74, 6) is -0.818. The number of anilines is 1. The van der Waals surface area contributed by atoms with E-state index in [9.17, 15) is 17.6 Å². The Bertz CT molecular complexity index is 706. The van der Waals surface area contributed by atoms with Gasteiger partial charge in [0.15, 0.2) is 0 Å². The second-order valence-electron chi connectivity index (χ2n) is 6.56. The number of hydrogen-bond donors (Lipinski definition) is 1. The van der Waals surface area contributed by atoms with Gasteiger partial charge in [-0.1, -0.05) is 6.92 Å². The number of ether oxygens (including phenoxy) is 1. The van der Waals surface area contributed by atoms with Gasteiger partial charge in [-0.2, -0.15) is 0 Å². The molecule has 1 heterocycles. The maximum atomic E-state index is 13.2. The van der Waals surface area contributed by atoms with Crippen LogP contribution in [0.3, 0.4) is 0 Å². The van der Waals surface area contributed by atoms with Crippen molar-refractivity contribution in [2.45, 2.75) is 25.8 Å². The molecule has 1 amide bonds. The number of benzene rings is 1. The third-order valence-electron chi connectivity index (χ3n) is 4.46. The molecule has 1 aliphatic rings. The lowest BCUT2D eigenvalue weighted by molar-refractivity contribution is -0.122. The van der Waals surface area contributed by atoms with Gasteiger partial charge < -0.3 is 10.1 Å². The minimum Gasteiger partial charge on any atom is -0.379 e. The molecule has 1 aliphatic heterocycles. The summed E-state index contributed by atoms with van der Waals surface area (Å²) in [5, 5.41) is 2.83. The lowest BCUT2D eigenvalue weighted by Crippen LogP contribution is -2.49. The summed E-state index contributed by atoms with van der Waals surface area (Å²) < 4.78 is 44.1. The average Bonchev–Trinajstić information content (AvgIpc) is 2.64. The van der Waals surface area contributed by atoms with Crippen LogP contribution in [0.15, 0.2) is 24.3 Å². The molecule has 2 rings (SSSR count). The third kappa shape index (κ3) is 6.44. The maximum Gasteiger partial charge on any atom is 0.243 e. The van der Waals surface area contributed by atoms with Crippen molar-refractivity contribution in [2.75, 3.05) is 50.0 Å². The Morgan fingerprint density at radius 3 is 2.48 bits per heavy atom. The van der Waals surface area contributed by atoms with Crippen LogP contribution in [0, 0.1) is 5.82 Å². The molecular formula is C18H28FN3O4S. The lowest BCUT2D eigenvalue weighted by atomic mass is 10.2. The highest BCUT2D eigenvalue weighted by atomic mass is 32.2. The van der Waals surface area contributed by atoms with Gasteiger partial charge in [0, 0.05) is 19.6 Å². The van der Waals surface area contributed by atoms with Gasteiger partial charge in [-0.05, 0) is 43.7 Å². The molecule has 0 radical (unpaired) electrons. The molecule has 7 nitrogen and oxygen atoms in total. The van der Waals surface area contributed by atoms with Crippen molar-refractivity contribution in [2.24, 2.45) is 0 Å². The molecule has 27 heavy (non-hydrogen) atoms. The van der Waals surface area contributed by atoms with Crippen LogP contribution in [0.2, 0.25) is 0 Å². The van der Waals surface area contributed by atoms with Crippen LogP contribution in [-0.2, 0) is 19.6 Å². The summed E-state index contributed by atoms with van der Waals surface area (Å²) in [4.78, 5) is 14.9. The Morgan fingerprint density at radius 2 is 1.93 bits per heavy atom. The molecule has 152 valence electrons. The summed E-state index contributed by atoms with van der Waals surface area (Å²) in [6, 6.07) is 4.21. The van der Waals surface area contributed by atoms with Crippen molar-refractivity contribution >= 4 is 21.6 Å². The molecule has 1 aromatic rings. The number of carbonyl (C=O) groups excluding carboxylic acids is 1. The van der Waals surface area contributed by atoms with Crippen LogP contribution in [-0.4, -0.2) is 70.9 Å². The van der Waals surface area contributed by atoms with Crippen molar-refractivity contribution in [1.82, 2.24) is 10.2 Å². The molecule has 9 heteroatoms. The van der Waals surface area contributed by atoms with Crippen molar-refractivity contribution in [3.63, 3.8) is 0 Å². The molecule has 0 aliphatic carbocycles. The second kappa shape index (κ2) is 10.0. The zero-order valence-electron chi connectivity index (χ0n) is 15.9. The number of hydrogen-bond acceptors (Lipinski definition) is 5.